The van der Waals surface area contributed by atoms with E-state index in [0.717, 1.165) is 43.0 Å². The van der Waals surface area contributed by atoms with Crippen LogP contribution in [0.25, 0.3) is 0 Å². The van der Waals surface area contributed by atoms with Gasteiger partial charge in [0.05, 0.1) is 18.2 Å². The molecule has 2 fully saturated rings. The number of benzene rings is 3. The van der Waals surface area contributed by atoms with E-state index < -0.39 is 0 Å². The smallest absolute Gasteiger partial charge is 0.309 e. The summed E-state index contributed by atoms with van der Waals surface area (Å²) in [7, 11) is 0. The van der Waals surface area contributed by atoms with Gasteiger partial charge in [0.15, 0.2) is 5.69 Å². The third-order valence-corrected chi connectivity index (χ3v) is 9.71. The fourth-order valence-corrected chi connectivity index (χ4v) is 7.06. The fourth-order valence-electron chi connectivity index (χ4n) is 6.94. The first kappa shape index (κ1) is 31.1. The number of piperidine rings is 2. The molecule has 0 saturated carbocycles. The van der Waals surface area contributed by atoms with Crippen molar-refractivity contribution in [3.05, 3.63) is 124 Å². The standard InChI is InChI=1S/C37H41ClN4O3/c1-2-45-36(44)28-17-21-42(22-18-28)35(43)34-32(39-33(40-34)25-27-13-15-31(38)16-14-27)26-41-23-19-37(20-24-41,29-9-5-3-6-10-29)30-11-7-4-8-12-30/h3-16,28H,2,17-26H2,1H3,(H,39,40). The molecule has 7 nitrogen and oxygen atoms in total. The van der Waals surface area contributed by atoms with Crippen molar-refractivity contribution in [3.63, 3.8) is 0 Å². The molecule has 2 saturated heterocycles. The molecule has 3 aromatic carbocycles. The molecular weight excluding hydrogens is 584 g/mol. The van der Waals surface area contributed by atoms with Crippen LogP contribution < -0.4 is 0 Å². The minimum Gasteiger partial charge on any atom is -0.466 e. The number of aromatic amines is 1. The Labute approximate surface area is 270 Å². The van der Waals surface area contributed by atoms with Gasteiger partial charge in [0.2, 0.25) is 0 Å². The van der Waals surface area contributed by atoms with E-state index in [1.807, 2.05) is 36.1 Å². The lowest BCUT2D eigenvalue weighted by atomic mass is 9.68. The zero-order valence-electron chi connectivity index (χ0n) is 25.9. The third-order valence-electron chi connectivity index (χ3n) is 9.46. The quantitative estimate of drug-likeness (QED) is 0.211. The number of aromatic nitrogens is 2. The fraction of sp³-hybridized carbons (Fsp3) is 0.378. The van der Waals surface area contributed by atoms with E-state index in [1.54, 1.807) is 0 Å². The number of esters is 1. The van der Waals surface area contributed by atoms with Crippen molar-refractivity contribution in [3.8, 4) is 0 Å². The molecule has 1 aromatic heterocycles. The van der Waals surface area contributed by atoms with Crippen LogP contribution >= 0.6 is 11.6 Å². The highest BCUT2D eigenvalue weighted by atomic mass is 35.5. The Morgan fingerprint density at radius 1 is 0.889 bits per heavy atom. The van der Waals surface area contributed by atoms with Gasteiger partial charge in [-0.25, -0.2) is 4.98 Å². The topological polar surface area (TPSA) is 78.5 Å². The number of hydrogen-bond acceptors (Lipinski definition) is 5. The van der Waals surface area contributed by atoms with Gasteiger partial charge in [0, 0.05) is 36.5 Å². The van der Waals surface area contributed by atoms with Crippen LogP contribution in [0.1, 0.15) is 71.3 Å². The lowest BCUT2D eigenvalue weighted by molar-refractivity contribution is -0.149. The summed E-state index contributed by atoms with van der Waals surface area (Å²) >= 11 is 6.12. The number of carbonyl (C=O) groups is 2. The highest BCUT2D eigenvalue weighted by molar-refractivity contribution is 6.30. The van der Waals surface area contributed by atoms with Crippen molar-refractivity contribution in [1.82, 2.24) is 19.8 Å². The second kappa shape index (κ2) is 14.0. The van der Waals surface area contributed by atoms with Crippen LogP contribution in [0.3, 0.4) is 0 Å². The normalized spacial score (nSPS) is 17.2. The largest absolute Gasteiger partial charge is 0.466 e. The van der Waals surface area contributed by atoms with E-state index in [2.05, 4.69) is 70.5 Å². The van der Waals surface area contributed by atoms with Gasteiger partial charge in [0.1, 0.15) is 5.82 Å². The molecule has 0 atom stereocenters. The van der Waals surface area contributed by atoms with Crippen LogP contribution in [0, 0.1) is 5.92 Å². The van der Waals surface area contributed by atoms with Crippen molar-refractivity contribution in [2.45, 2.75) is 51.0 Å². The number of hydrogen-bond donors (Lipinski definition) is 1. The van der Waals surface area contributed by atoms with Crippen LogP contribution in [-0.4, -0.2) is 64.4 Å². The minimum absolute atomic E-state index is 0.0470. The molecule has 45 heavy (non-hydrogen) atoms. The van der Waals surface area contributed by atoms with Gasteiger partial charge in [-0.3, -0.25) is 14.5 Å². The SMILES string of the molecule is CCOC(=O)C1CCN(C(=O)c2nc(Cc3ccc(Cl)cc3)[nH]c2CN2CCC(c3ccccc3)(c3ccccc3)CC2)CC1. The van der Waals surface area contributed by atoms with Crippen LogP contribution in [-0.2, 0) is 27.9 Å². The first-order valence-electron chi connectivity index (χ1n) is 16.1. The van der Waals surface area contributed by atoms with E-state index in [9.17, 15) is 9.59 Å². The molecule has 4 aromatic rings. The van der Waals surface area contributed by atoms with Crippen LogP contribution in [0.2, 0.25) is 5.02 Å². The maximum Gasteiger partial charge on any atom is 0.309 e. The number of H-pyrrole nitrogens is 1. The molecule has 0 bridgehead atoms. The molecular formula is C37H41ClN4O3. The molecule has 234 valence electrons. The summed E-state index contributed by atoms with van der Waals surface area (Å²) in [5.74, 6) is 0.362. The Hall–Kier alpha value is -3.94. The Bertz CT molecular complexity index is 1530. The summed E-state index contributed by atoms with van der Waals surface area (Å²) in [5, 5.41) is 0.688. The molecule has 0 spiro atoms. The summed E-state index contributed by atoms with van der Waals surface area (Å²) in [5.41, 5.74) is 5.06. The number of imidazole rings is 1. The summed E-state index contributed by atoms with van der Waals surface area (Å²) in [6.45, 7) is 5.64. The molecule has 3 heterocycles. The van der Waals surface area contributed by atoms with Crippen LogP contribution in [0.5, 0.6) is 0 Å². The number of carbonyl (C=O) groups excluding carboxylic acids is 2. The molecule has 8 heteroatoms. The zero-order chi connectivity index (χ0) is 31.2. The highest BCUT2D eigenvalue weighted by Gasteiger charge is 2.38. The van der Waals surface area contributed by atoms with Gasteiger partial charge in [-0.2, -0.15) is 0 Å². The van der Waals surface area contributed by atoms with Crippen LogP contribution in [0.15, 0.2) is 84.9 Å². The highest BCUT2D eigenvalue weighted by Crippen LogP contribution is 2.42. The van der Waals surface area contributed by atoms with Gasteiger partial charge in [-0.1, -0.05) is 84.4 Å². The number of nitrogens with zero attached hydrogens (tertiary/aromatic N) is 3. The molecule has 1 N–H and O–H groups in total. The predicted octanol–water partition coefficient (Wildman–Crippen LogP) is 6.65. The second-order valence-electron chi connectivity index (χ2n) is 12.2. The summed E-state index contributed by atoms with van der Waals surface area (Å²) in [4.78, 5) is 38.9. The van der Waals surface area contributed by atoms with Gasteiger partial charge in [-0.15, -0.1) is 0 Å². The van der Waals surface area contributed by atoms with Gasteiger partial charge in [-0.05, 0) is 74.5 Å². The maximum atomic E-state index is 13.9. The zero-order valence-corrected chi connectivity index (χ0v) is 26.6. The molecule has 2 aliphatic heterocycles. The van der Waals surface area contributed by atoms with Gasteiger partial charge in [0.25, 0.3) is 5.91 Å². The third kappa shape index (κ3) is 7.00. The molecule has 0 aliphatic carbocycles. The first-order valence-corrected chi connectivity index (χ1v) is 16.4. The van der Waals surface area contributed by atoms with Crippen molar-refractivity contribution in [1.29, 1.82) is 0 Å². The van der Waals surface area contributed by atoms with Crippen molar-refractivity contribution >= 4 is 23.5 Å². The van der Waals surface area contributed by atoms with Gasteiger partial charge >= 0.3 is 5.97 Å². The lowest BCUT2D eigenvalue weighted by Crippen LogP contribution is -2.43. The number of halogens is 1. The molecule has 1 amide bonds. The van der Waals surface area contributed by atoms with Gasteiger partial charge < -0.3 is 14.6 Å². The average molecular weight is 625 g/mol. The van der Waals surface area contributed by atoms with E-state index in [0.29, 0.717) is 56.2 Å². The molecule has 0 radical (unpaired) electrons. The van der Waals surface area contributed by atoms with E-state index in [1.165, 1.54) is 11.1 Å². The Kier molecular flexibility index (Phi) is 9.67. The number of amides is 1. The van der Waals surface area contributed by atoms with E-state index in [-0.39, 0.29) is 23.2 Å². The lowest BCUT2D eigenvalue weighted by Gasteiger charge is -2.43. The number of ether oxygens (including phenoxy) is 1. The average Bonchev–Trinajstić information content (AvgIpc) is 3.48. The Morgan fingerprint density at radius 2 is 1.49 bits per heavy atom. The summed E-state index contributed by atoms with van der Waals surface area (Å²) < 4.78 is 5.23. The van der Waals surface area contributed by atoms with E-state index >= 15 is 0 Å². The van der Waals surface area contributed by atoms with Crippen LogP contribution in [0.4, 0.5) is 0 Å². The second-order valence-corrected chi connectivity index (χ2v) is 12.7. The molecule has 2 aliphatic rings. The Morgan fingerprint density at radius 3 is 2.07 bits per heavy atom. The van der Waals surface area contributed by atoms with E-state index in [4.69, 9.17) is 21.3 Å². The summed E-state index contributed by atoms with van der Waals surface area (Å²) in [6.07, 6.45) is 3.76. The Balaban J connectivity index is 1.21. The molecule has 6 rings (SSSR count). The minimum atomic E-state index is -0.164. The first-order chi connectivity index (χ1) is 21.9. The number of rotatable bonds is 9. The monoisotopic (exact) mass is 624 g/mol. The summed E-state index contributed by atoms with van der Waals surface area (Å²) in [6, 6.07) is 29.4. The van der Waals surface area contributed by atoms with Crippen molar-refractivity contribution in [2.75, 3.05) is 32.8 Å². The number of likely N-dealkylation sites (tertiary alicyclic amines) is 2. The maximum absolute atomic E-state index is 13.9. The van der Waals surface area contributed by atoms with Crippen molar-refractivity contribution in [2.24, 2.45) is 5.92 Å². The number of nitrogens with one attached hydrogen (secondary N) is 1. The predicted molar refractivity (Wildman–Crippen MR) is 176 cm³/mol. The van der Waals surface area contributed by atoms with Crippen molar-refractivity contribution < 1.29 is 14.3 Å². The molecule has 0 unspecified atom stereocenters.